The van der Waals surface area contributed by atoms with Gasteiger partial charge >= 0.3 is 0 Å². The second kappa shape index (κ2) is 4.31. The van der Waals surface area contributed by atoms with E-state index in [0.29, 0.717) is 0 Å². The van der Waals surface area contributed by atoms with Crippen LogP contribution in [0.15, 0.2) is 11.6 Å². The Hall–Kier alpha value is -1.07. The lowest BCUT2D eigenvalue weighted by molar-refractivity contribution is 0.658. The van der Waals surface area contributed by atoms with Crippen molar-refractivity contribution in [3.63, 3.8) is 0 Å². The van der Waals surface area contributed by atoms with Gasteiger partial charge in [0.1, 0.15) is 0 Å². The van der Waals surface area contributed by atoms with E-state index in [-0.39, 0.29) is 0 Å². The average Bonchev–Trinajstić information content (AvgIpc) is 2.95. The molecule has 1 fully saturated rings. The van der Waals surface area contributed by atoms with Crippen molar-refractivity contribution in [1.82, 2.24) is 14.7 Å². The third-order valence-electron chi connectivity index (χ3n) is 3.41. The van der Waals surface area contributed by atoms with Crippen molar-refractivity contribution in [2.24, 2.45) is 5.92 Å². The molecular weight excluding hydrogens is 232 g/mol. The molecule has 1 atom stereocenters. The van der Waals surface area contributed by atoms with Crippen LogP contribution in [-0.4, -0.2) is 29.5 Å². The van der Waals surface area contributed by atoms with Gasteiger partial charge in [-0.05, 0) is 19.4 Å². The number of fused-ring (bicyclic) bond motifs is 1. The van der Waals surface area contributed by atoms with E-state index in [9.17, 15) is 0 Å². The summed E-state index contributed by atoms with van der Waals surface area (Å²) >= 11 is 1.71. The second-order valence-corrected chi connectivity index (χ2v) is 5.68. The topological polar surface area (TPSA) is 32.6 Å². The van der Waals surface area contributed by atoms with E-state index < -0.39 is 0 Å². The minimum atomic E-state index is 0.789. The Labute approximate surface area is 105 Å². The highest BCUT2D eigenvalue weighted by atomic mass is 32.1. The zero-order chi connectivity index (χ0) is 11.8. The largest absolute Gasteiger partial charge is 0.355 e. The summed E-state index contributed by atoms with van der Waals surface area (Å²) in [5.74, 6) is 1.97. The van der Waals surface area contributed by atoms with Crippen LogP contribution in [0, 0.1) is 5.92 Å². The van der Waals surface area contributed by atoms with Crippen LogP contribution in [0.1, 0.15) is 19.0 Å². The van der Waals surface area contributed by atoms with E-state index in [1.807, 2.05) is 7.05 Å². The highest BCUT2D eigenvalue weighted by Crippen LogP contribution is 2.28. The van der Waals surface area contributed by atoms with E-state index in [2.05, 4.69) is 33.1 Å². The molecule has 3 rings (SSSR count). The van der Waals surface area contributed by atoms with Gasteiger partial charge in [0.2, 0.25) is 0 Å². The third-order valence-corrected chi connectivity index (χ3v) is 4.16. The van der Waals surface area contributed by atoms with Crippen LogP contribution >= 0.6 is 11.3 Å². The molecule has 92 valence electrons. The van der Waals surface area contributed by atoms with Gasteiger partial charge in [-0.1, -0.05) is 6.92 Å². The number of anilines is 1. The predicted octanol–water partition coefficient (Wildman–Crippen LogP) is 1.96. The van der Waals surface area contributed by atoms with E-state index in [0.717, 1.165) is 30.5 Å². The van der Waals surface area contributed by atoms with Gasteiger partial charge in [0.15, 0.2) is 10.8 Å². The van der Waals surface area contributed by atoms with Crippen molar-refractivity contribution in [3.8, 4) is 0 Å². The number of nitrogens with zero attached hydrogens (tertiary/aromatic N) is 3. The Balaban J connectivity index is 2.02. The predicted molar refractivity (Wildman–Crippen MR) is 71.8 cm³/mol. The summed E-state index contributed by atoms with van der Waals surface area (Å²) in [7, 11) is 1.99. The fraction of sp³-hybridized carbons (Fsp3) is 0.583. The van der Waals surface area contributed by atoms with E-state index >= 15 is 0 Å². The van der Waals surface area contributed by atoms with Crippen molar-refractivity contribution in [1.29, 1.82) is 0 Å². The Morgan fingerprint density at radius 1 is 1.59 bits per heavy atom. The number of nitrogens with one attached hydrogen (secondary N) is 1. The van der Waals surface area contributed by atoms with Crippen molar-refractivity contribution in [2.45, 2.75) is 19.9 Å². The normalized spacial score (nSPS) is 20.6. The SMILES string of the molecule is CNCc1c(N2CCC(C)C2)nc2sccn12. The summed E-state index contributed by atoms with van der Waals surface area (Å²) in [6.07, 6.45) is 3.40. The number of hydrogen-bond donors (Lipinski definition) is 1. The first kappa shape index (κ1) is 11.0. The molecule has 0 saturated carbocycles. The van der Waals surface area contributed by atoms with Crippen molar-refractivity contribution in [2.75, 3.05) is 25.0 Å². The number of imidazole rings is 1. The molecule has 0 aromatic carbocycles. The molecule has 3 heterocycles. The van der Waals surface area contributed by atoms with Gasteiger partial charge in [-0.2, -0.15) is 0 Å². The Kier molecular flexibility index (Phi) is 2.80. The smallest absolute Gasteiger partial charge is 0.195 e. The summed E-state index contributed by atoms with van der Waals surface area (Å²) in [6, 6.07) is 0. The van der Waals surface area contributed by atoms with Crippen LogP contribution in [0.2, 0.25) is 0 Å². The van der Waals surface area contributed by atoms with Crippen LogP contribution in [0.5, 0.6) is 0 Å². The first-order valence-electron chi connectivity index (χ1n) is 6.13. The molecule has 5 heteroatoms. The fourth-order valence-corrected chi connectivity index (χ4v) is 3.26. The number of rotatable bonds is 3. The zero-order valence-electron chi connectivity index (χ0n) is 10.3. The van der Waals surface area contributed by atoms with Gasteiger partial charge in [-0.15, -0.1) is 11.3 Å². The molecule has 1 aliphatic rings. The monoisotopic (exact) mass is 250 g/mol. The van der Waals surface area contributed by atoms with E-state index in [1.54, 1.807) is 11.3 Å². The number of thiazole rings is 1. The van der Waals surface area contributed by atoms with Crippen LogP contribution in [0.3, 0.4) is 0 Å². The molecular formula is C12H18N4S. The fourth-order valence-electron chi connectivity index (χ4n) is 2.53. The summed E-state index contributed by atoms with van der Waals surface area (Å²) in [6.45, 7) is 5.47. The number of hydrogen-bond acceptors (Lipinski definition) is 4. The van der Waals surface area contributed by atoms with E-state index in [4.69, 9.17) is 4.98 Å². The minimum Gasteiger partial charge on any atom is -0.355 e. The molecule has 0 bridgehead atoms. The van der Waals surface area contributed by atoms with Crippen LogP contribution in [-0.2, 0) is 6.54 Å². The van der Waals surface area contributed by atoms with Crippen molar-refractivity contribution < 1.29 is 0 Å². The highest BCUT2D eigenvalue weighted by Gasteiger charge is 2.24. The van der Waals surface area contributed by atoms with E-state index in [1.165, 1.54) is 17.9 Å². The maximum Gasteiger partial charge on any atom is 0.195 e. The maximum atomic E-state index is 4.78. The highest BCUT2D eigenvalue weighted by molar-refractivity contribution is 7.15. The molecule has 1 unspecified atom stereocenters. The Morgan fingerprint density at radius 2 is 2.47 bits per heavy atom. The average molecular weight is 250 g/mol. The van der Waals surface area contributed by atoms with Crippen LogP contribution < -0.4 is 10.2 Å². The van der Waals surface area contributed by atoms with Gasteiger partial charge in [0, 0.05) is 31.2 Å². The standard InChI is InChI=1S/C12H18N4S/c1-9-3-4-15(8-9)11-10(7-13-2)16-5-6-17-12(16)14-11/h5-6,9,13H,3-4,7-8H2,1-2H3. The van der Waals surface area contributed by atoms with Gasteiger partial charge in [0.05, 0.1) is 5.69 Å². The van der Waals surface area contributed by atoms with Crippen LogP contribution in [0.25, 0.3) is 4.96 Å². The molecule has 0 aliphatic carbocycles. The van der Waals surface area contributed by atoms with Gasteiger partial charge in [0.25, 0.3) is 0 Å². The molecule has 2 aromatic rings. The molecule has 0 amide bonds. The maximum absolute atomic E-state index is 4.78. The lowest BCUT2D eigenvalue weighted by Crippen LogP contribution is -2.22. The molecule has 2 aromatic heterocycles. The molecule has 17 heavy (non-hydrogen) atoms. The molecule has 0 spiro atoms. The summed E-state index contributed by atoms with van der Waals surface area (Å²) < 4.78 is 2.21. The third kappa shape index (κ3) is 1.83. The molecule has 1 aliphatic heterocycles. The van der Waals surface area contributed by atoms with Gasteiger partial charge in [-0.3, -0.25) is 4.40 Å². The lowest BCUT2D eigenvalue weighted by Gasteiger charge is -2.17. The molecule has 4 nitrogen and oxygen atoms in total. The first-order chi connectivity index (χ1) is 8.29. The summed E-state index contributed by atoms with van der Waals surface area (Å²) in [4.78, 5) is 8.30. The Bertz CT molecular complexity index is 516. The molecule has 0 radical (unpaired) electrons. The molecule has 1 saturated heterocycles. The second-order valence-electron chi connectivity index (χ2n) is 4.81. The first-order valence-corrected chi connectivity index (χ1v) is 7.01. The quantitative estimate of drug-likeness (QED) is 0.904. The van der Waals surface area contributed by atoms with Gasteiger partial charge in [-0.25, -0.2) is 4.98 Å². The summed E-state index contributed by atoms with van der Waals surface area (Å²) in [5.41, 5.74) is 1.29. The van der Waals surface area contributed by atoms with Crippen molar-refractivity contribution >= 4 is 22.1 Å². The van der Waals surface area contributed by atoms with Crippen LogP contribution in [0.4, 0.5) is 5.82 Å². The zero-order valence-corrected chi connectivity index (χ0v) is 11.1. The van der Waals surface area contributed by atoms with Crippen molar-refractivity contribution in [3.05, 3.63) is 17.3 Å². The summed E-state index contributed by atoms with van der Waals surface area (Å²) in [5, 5.41) is 5.34. The minimum absolute atomic E-state index is 0.789. The lowest BCUT2D eigenvalue weighted by atomic mass is 10.2. The Morgan fingerprint density at radius 3 is 3.18 bits per heavy atom. The van der Waals surface area contributed by atoms with Gasteiger partial charge < -0.3 is 10.2 Å². The number of aromatic nitrogens is 2. The molecule has 1 N–H and O–H groups in total.